The molecule has 24 heavy (non-hydrogen) atoms. The van der Waals surface area contributed by atoms with Gasteiger partial charge in [0.2, 0.25) is 0 Å². The summed E-state index contributed by atoms with van der Waals surface area (Å²) in [5.41, 5.74) is 3.94. The first-order valence-corrected chi connectivity index (χ1v) is 9.84. The lowest BCUT2D eigenvalue weighted by Crippen LogP contribution is -2.50. The molecule has 0 aliphatic carbocycles. The number of hydrogen-bond acceptors (Lipinski definition) is 6. The van der Waals surface area contributed by atoms with Crippen LogP contribution in [0.2, 0.25) is 0 Å². The van der Waals surface area contributed by atoms with Crippen LogP contribution in [0.4, 0.5) is 0 Å². The quantitative estimate of drug-likeness (QED) is 0.219. The Morgan fingerprint density at radius 1 is 0.833 bits per heavy atom. The zero-order chi connectivity index (χ0) is 18.7. The number of aliphatic hydroxyl groups excluding tert-OH is 3. The Kier molecular flexibility index (Phi) is 21.0. The summed E-state index contributed by atoms with van der Waals surface area (Å²) in [6.45, 7) is 1.43. The average molecular weight is 372 g/mol. The van der Waals surface area contributed by atoms with Gasteiger partial charge in [0, 0.05) is 0 Å². The third-order valence-electron chi connectivity index (χ3n) is 3.63. The SMILES string of the molecule is CCCCCCCCCCCCOS(=O)O.NC(CO)(CO)CO. The standard InChI is InChI=1S/C12H26O3S.C4H11NO3/c1-2-3-4-5-6-7-8-9-10-11-12-15-16(13)14;5-4(1-6,2-7)3-8/h2-12H2,1H3,(H,13,14);6-8H,1-3,5H2. The summed E-state index contributed by atoms with van der Waals surface area (Å²) in [6, 6.07) is 0. The first kappa shape index (κ1) is 26.1. The Balaban J connectivity index is 0. The van der Waals surface area contributed by atoms with Gasteiger partial charge in [-0.1, -0.05) is 64.7 Å². The van der Waals surface area contributed by atoms with Gasteiger partial charge in [0.05, 0.1) is 32.0 Å². The van der Waals surface area contributed by atoms with E-state index in [9.17, 15) is 4.21 Å². The van der Waals surface area contributed by atoms with E-state index in [-0.39, 0.29) is 0 Å². The minimum Gasteiger partial charge on any atom is -0.394 e. The zero-order valence-electron chi connectivity index (χ0n) is 15.0. The number of rotatable bonds is 15. The fourth-order valence-electron chi connectivity index (χ4n) is 1.87. The molecule has 0 amide bonds. The molecular weight excluding hydrogens is 334 g/mol. The Bertz CT molecular complexity index is 269. The van der Waals surface area contributed by atoms with Gasteiger partial charge in [-0.25, -0.2) is 0 Å². The van der Waals surface area contributed by atoms with E-state index < -0.39 is 36.7 Å². The van der Waals surface area contributed by atoms with E-state index in [1.807, 2.05) is 0 Å². The van der Waals surface area contributed by atoms with Crippen LogP contribution in [0.15, 0.2) is 0 Å². The first-order valence-electron chi connectivity index (χ1n) is 8.81. The highest BCUT2D eigenvalue weighted by atomic mass is 32.2. The molecule has 0 bridgehead atoms. The van der Waals surface area contributed by atoms with Gasteiger partial charge in [0.15, 0.2) is 0 Å². The molecule has 0 fully saturated rings. The van der Waals surface area contributed by atoms with E-state index in [1.54, 1.807) is 0 Å². The fourth-order valence-corrected chi connectivity index (χ4v) is 2.13. The van der Waals surface area contributed by atoms with E-state index in [0.29, 0.717) is 6.61 Å². The van der Waals surface area contributed by atoms with Crippen LogP contribution >= 0.6 is 0 Å². The summed E-state index contributed by atoms with van der Waals surface area (Å²) >= 11 is -2.08. The largest absolute Gasteiger partial charge is 0.394 e. The van der Waals surface area contributed by atoms with E-state index in [1.165, 1.54) is 51.4 Å². The molecule has 1 atom stereocenters. The van der Waals surface area contributed by atoms with Crippen molar-refractivity contribution in [2.75, 3.05) is 26.4 Å². The molecule has 0 rings (SSSR count). The van der Waals surface area contributed by atoms with Crippen LogP contribution in [0.5, 0.6) is 0 Å². The van der Waals surface area contributed by atoms with Crippen molar-refractivity contribution in [3.8, 4) is 0 Å². The molecule has 0 spiro atoms. The van der Waals surface area contributed by atoms with Crippen molar-refractivity contribution in [2.24, 2.45) is 5.73 Å². The maximum Gasteiger partial charge on any atom is 0.301 e. The first-order chi connectivity index (χ1) is 11.5. The molecular formula is C16H37NO6S. The molecule has 1 unspecified atom stereocenters. The summed E-state index contributed by atoms with van der Waals surface area (Å²) in [4.78, 5) is 0. The summed E-state index contributed by atoms with van der Waals surface area (Å²) in [7, 11) is 0. The second kappa shape index (κ2) is 19.2. The average Bonchev–Trinajstić information content (AvgIpc) is 2.59. The lowest BCUT2D eigenvalue weighted by atomic mass is 10.1. The van der Waals surface area contributed by atoms with Gasteiger partial charge in [-0.05, 0) is 6.42 Å². The van der Waals surface area contributed by atoms with E-state index >= 15 is 0 Å². The summed E-state index contributed by atoms with van der Waals surface area (Å²) in [6.07, 6.45) is 12.6. The summed E-state index contributed by atoms with van der Waals surface area (Å²) in [5.74, 6) is 0. The van der Waals surface area contributed by atoms with Crippen molar-refractivity contribution in [3.63, 3.8) is 0 Å². The molecule has 0 heterocycles. The van der Waals surface area contributed by atoms with Crippen molar-refractivity contribution in [2.45, 2.75) is 76.7 Å². The van der Waals surface area contributed by atoms with E-state index in [2.05, 4.69) is 11.1 Å². The maximum absolute atomic E-state index is 10.1. The lowest BCUT2D eigenvalue weighted by molar-refractivity contribution is 0.0697. The molecule has 6 N–H and O–H groups in total. The molecule has 0 saturated heterocycles. The van der Waals surface area contributed by atoms with Crippen LogP contribution in [0.25, 0.3) is 0 Å². The molecule has 0 aliphatic rings. The number of nitrogens with two attached hydrogens (primary N) is 1. The number of hydrogen-bond donors (Lipinski definition) is 5. The van der Waals surface area contributed by atoms with E-state index in [0.717, 1.165) is 12.8 Å². The normalized spacial score (nSPS) is 12.6. The molecule has 0 aromatic rings. The van der Waals surface area contributed by atoms with E-state index in [4.69, 9.17) is 25.6 Å². The van der Waals surface area contributed by atoms with Gasteiger partial charge in [0.1, 0.15) is 0 Å². The van der Waals surface area contributed by atoms with Crippen molar-refractivity contribution >= 4 is 11.4 Å². The Hall–Kier alpha value is -0.0900. The number of aliphatic hydroxyl groups is 3. The third kappa shape index (κ3) is 20.0. The zero-order valence-corrected chi connectivity index (χ0v) is 15.8. The van der Waals surface area contributed by atoms with Gasteiger partial charge in [0.25, 0.3) is 0 Å². The minimum atomic E-state index is -2.08. The van der Waals surface area contributed by atoms with Crippen LogP contribution in [0.3, 0.4) is 0 Å². The highest BCUT2D eigenvalue weighted by Crippen LogP contribution is 2.10. The molecule has 7 nitrogen and oxygen atoms in total. The van der Waals surface area contributed by atoms with Crippen LogP contribution in [-0.4, -0.2) is 56.0 Å². The predicted octanol–water partition coefficient (Wildman–Crippen LogP) is 1.72. The maximum atomic E-state index is 10.1. The van der Waals surface area contributed by atoms with Crippen molar-refractivity contribution in [3.05, 3.63) is 0 Å². The minimum absolute atomic E-state index is 0.402. The summed E-state index contributed by atoms with van der Waals surface area (Å²) < 4.78 is 23.0. The molecule has 8 heteroatoms. The van der Waals surface area contributed by atoms with Crippen LogP contribution < -0.4 is 5.73 Å². The van der Waals surface area contributed by atoms with Crippen LogP contribution in [0.1, 0.15) is 71.1 Å². The monoisotopic (exact) mass is 371 g/mol. The van der Waals surface area contributed by atoms with Crippen LogP contribution in [0, 0.1) is 0 Å². The van der Waals surface area contributed by atoms with Crippen molar-refractivity contribution < 1.29 is 28.3 Å². The lowest BCUT2D eigenvalue weighted by Gasteiger charge is -2.20. The topological polar surface area (TPSA) is 133 Å². The molecule has 0 aromatic carbocycles. The molecule has 148 valence electrons. The fraction of sp³-hybridized carbons (Fsp3) is 1.00. The smallest absolute Gasteiger partial charge is 0.301 e. The molecule has 0 aromatic heterocycles. The Morgan fingerprint density at radius 3 is 1.50 bits per heavy atom. The van der Waals surface area contributed by atoms with Crippen molar-refractivity contribution in [1.29, 1.82) is 0 Å². The van der Waals surface area contributed by atoms with Gasteiger partial charge in [-0.2, -0.15) is 4.21 Å². The number of unbranched alkanes of at least 4 members (excludes halogenated alkanes) is 9. The Labute approximate surface area is 149 Å². The highest BCUT2D eigenvalue weighted by Gasteiger charge is 2.20. The molecule has 0 saturated carbocycles. The van der Waals surface area contributed by atoms with Gasteiger partial charge in [-0.3, -0.25) is 8.74 Å². The highest BCUT2D eigenvalue weighted by molar-refractivity contribution is 7.74. The second-order valence-electron chi connectivity index (χ2n) is 6.06. The second-order valence-corrected chi connectivity index (χ2v) is 6.73. The Morgan fingerprint density at radius 2 is 1.21 bits per heavy atom. The predicted molar refractivity (Wildman–Crippen MR) is 96.7 cm³/mol. The molecule has 0 radical (unpaired) electrons. The van der Waals surface area contributed by atoms with Gasteiger partial charge < -0.3 is 21.1 Å². The van der Waals surface area contributed by atoms with Crippen molar-refractivity contribution in [1.82, 2.24) is 0 Å². The van der Waals surface area contributed by atoms with Gasteiger partial charge >= 0.3 is 11.4 Å². The van der Waals surface area contributed by atoms with Gasteiger partial charge in [-0.15, -0.1) is 0 Å². The summed E-state index contributed by atoms with van der Waals surface area (Å²) in [5, 5.41) is 25.0. The molecule has 0 aliphatic heterocycles. The third-order valence-corrected chi connectivity index (χ3v) is 4.00. The van der Waals surface area contributed by atoms with Crippen LogP contribution in [-0.2, 0) is 15.5 Å².